The molecule has 1 saturated heterocycles. The zero-order valence-electron chi connectivity index (χ0n) is 12.5. The van der Waals surface area contributed by atoms with Crippen molar-refractivity contribution in [1.82, 2.24) is 4.90 Å². The molecule has 0 radical (unpaired) electrons. The summed E-state index contributed by atoms with van der Waals surface area (Å²) in [5, 5.41) is 0. The first-order valence-electron chi connectivity index (χ1n) is 6.67. The Kier molecular flexibility index (Phi) is 6.61. The Labute approximate surface area is 124 Å². The van der Waals surface area contributed by atoms with Gasteiger partial charge < -0.3 is 14.2 Å². The van der Waals surface area contributed by atoms with Gasteiger partial charge >= 0.3 is 12.1 Å². The first-order valence-corrected chi connectivity index (χ1v) is 7.82. The highest BCUT2D eigenvalue weighted by molar-refractivity contribution is 7.99. The fourth-order valence-electron chi connectivity index (χ4n) is 1.58. The molecule has 1 atom stereocenters. The molecule has 1 rings (SSSR count). The summed E-state index contributed by atoms with van der Waals surface area (Å²) in [6.45, 7) is 8.42. The fourth-order valence-corrected chi connectivity index (χ4v) is 2.71. The predicted molar refractivity (Wildman–Crippen MR) is 76.6 cm³/mol. The minimum atomic E-state index is -0.576. The number of hydrogen-bond acceptors (Lipinski definition) is 6. The predicted octanol–water partition coefficient (Wildman–Crippen LogP) is 1.88. The Morgan fingerprint density at radius 2 is 2.00 bits per heavy atom. The maximum absolute atomic E-state index is 12.0. The van der Waals surface area contributed by atoms with E-state index in [1.807, 2.05) is 6.92 Å². The van der Waals surface area contributed by atoms with Crippen LogP contribution in [0.3, 0.4) is 0 Å². The molecule has 1 heterocycles. The summed E-state index contributed by atoms with van der Waals surface area (Å²) in [5.74, 6) is 0.577. The minimum Gasteiger partial charge on any atom is -0.462 e. The monoisotopic (exact) mass is 305 g/mol. The summed E-state index contributed by atoms with van der Waals surface area (Å²) in [5.41, 5.74) is -0.576. The lowest BCUT2D eigenvalue weighted by atomic mass is 10.2. The van der Waals surface area contributed by atoms with Gasteiger partial charge in [-0.1, -0.05) is 0 Å². The lowest BCUT2D eigenvalue weighted by Crippen LogP contribution is -2.45. The molecule has 20 heavy (non-hydrogen) atoms. The Morgan fingerprint density at radius 1 is 1.30 bits per heavy atom. The van der Waals surface area contributed by atoms with Gasteiger partial charge in [0.05, 0.1) is 12.5 Å². The first-order chi connectivity index (χ1) is 9.35. The lowest BCUT2D eigenvalue weighted by molar-refractivity contribution is -0.149. The maximum Gasteiger partial charge on any atom is 0.411 e. The van der Waals surface area contributed by atoms with Crippen molar-refractivity contribution >= 4 is 23.8 Å². The van der Waals surface area contributed by atoms with Gasteiger partial charge in [0.1, 0.15) is 18.2 Å². The quantitative estimate of drug-likeness (QED) is 0.571. The molecule has 0 aromatic rings. The summed E-state index contributed by atoms with van der Waals surface area (Å²) in [6.07, 6.45) is -0.478. The van der Waals surface area contributed by atoms with Crippen LogP contribution in [0.1, 0.15) is 27.7 Å². The van der Waals surface area contributed by atoms with E-state index in [0.717, 1.165) is 0 Å². The highest BCUT2D eigenvalue weighted by Gasteiger charge is 2.38. The van der Waals surface area contributed by atoms with Crippen molar-refractivity contribution in [2.75, 3.05) is 31.5 Å². The molecule has 0 bridgehead atoms. The van der Waals surface area contributed by atoms with Crippen LogP contribution in [0.4, 0.5) is 4.79 Å². The molecule has 1 aliphatic heterocycles. The third-order valence-electron chi connectivity index (χ3n) is 2.46. The average Bonchev–Trinajstić information content (AvgIpc) is 2.81. The van der Waals surface area contributed by atoms with Crippen molar-refractivity contribution in [2.24, 2.45) is 0 Å². The van der Waals surface area contributed by atoms with Gasteiger partial charge in [-0.05, 0) is 27.7 Å². The third-order valence-corrected chi connectivity index (χ3v) is 3.47. The van der Waals surface area contributed by atoms with Gasteiger partial charge in [0.25, 0.3) is 0 Å². The molecule has 1 unspecified atom stereocenters. The second kappa shape index (κ2) is 7.73. The van der Waals surface area contributed by atoms with Crippen molar-refractivity contribution in [1.29, 1.82) is 0 Å². The summed E-state index contributed by atoms with van der Waals surface area (Å²) < 4.78 is 15.5. The van der Waals surface area contributed by atoms with E-state index in [9.17, 15) is 9.59 Å². The molecule has 0 aromatic carbocycles. The number of nitrogens with zero attached hydrogens (tertiary/aromatic N) is 1. The second-order valence-corrected chi connectivity index (χ2v) is 6.33. The molecule has 1 amide bonds. The van der Waals surface area contributed by atoms with Crippen LogP contribution in [-0.2, 0) is 19.0 Å². The zero-order chi connectivity index (χ0) is 15.2. The normalized spacial score (nSPS) is 19.0. The minimum absolute atomic E-state index is 0.204. The number of esters is 1. The van der Waals surface area contributed by atoms with Gasteiger partial charge in [-0.25, -0.2) is 9.59 Å². The van der Waals surface area contributed by atoms with Crippen LogP contribution in [0.5, 0.6) is 0 Å². The van der Waals surface area contributed by atoms with Crippen LogP contribution in [0.15, 0.2) is 0 Å². The zero-order valence-corrected chi connectivity index (χ0v) is 13.3. The standard InChI is InChI=1S/C13H23NO5S/c1-5-17-6-7-18-11(15)10-8-20-9-14(10)12(16)19-13(2,3)4/h10H,5-9H2,1-4H3. The fraction of sp³-hybridized carbons (Fsp3) is 0.846. The largest absolute Gasteiger partial charge is 0.462 e. The van der Waals surface area contributed by atoms with E-state index in [0.29, 0.717) is 24.8 Å². The Balaban J connectivity index is 2.47. The highest BCUT2D eigenvalue weighted by Crippen LogP contribution is 2.24. The number of hydrogen-bond donors (Lipinski definition) is 0. The van der Waals surface area contributed by atoms with Gasteiger partial charge in [-0.15, -0.1) is 11.8 Å². The van der Waals surface area contributed by atoms with Crippen molar-refractivity contribution < 1.29 is 23.8 Å². The van der Waals surface area contributed by atoms with E-state index in [2.05, 4.69) is 0 Å². The van der Waals surface area contributed by atoms with Crippen LogP contribution < -0.4 is 0 Å². The average molecular weight is 305 g/mol. The molecule has 1 fully saturated rings. The summed E-state index contributed by atoms with van der Waals surface area (Å²) >= 11 is 1.51. The van der Waals surface area contributed by atoms with Gasteiger partial charge in [0, 0.05) is 12.4 Å². The van der Waals surface area contributed by atoms with Crippen molar-refractivity contribution in [3.63, 3.8) is 0 Å². The van der Waals surface area contributed by atoms with Crippen LogP contribution in [-0.4, -0.2) is 60.1 Å². The van der Waals surface area contributed by atoms with Gasteiger partial charge in [0.2, 0.25) is 0 Å². The van der Waals surface area contributed by atoms with E-state index in [1.165, 1.54) is 16.7 Å². The lowest BCUT2D eigenvalue weighted by Gasteiger charge is -2.27. The number of thioether (sulfide) groups is 1. The van der Waals surface area contributed by atoms with Crippen molar-refractivity contribution in [3.05, 3.63) is 0 Å². The van der Waals surface area contributed by atoms with Crippen LogP contribution in [0.2, 0.25) is 0 Å². The molecule has 6 nitrogen and oxygen atoms in total. The molecule has 7 heteroatoms. The Morgan fingerprint density at radius 3 is 2.60 bits per heavy atom. The van der Waals surface area contributed by atoms with Crippen molar-refractivity contribution in [3.8, 4) is 0 Å². The van der Waals surface area contributed by atoms with Gasteiger partial charge in [0.15, 0.2) is 0 Å². The number of rotatable bonds is 5. The Bertz CT molecular complexity index is 342. The molecular weight excluding hydrogens is 282 g/mol. The van der Waals surface area contributed by atoms with Crippen LogP contribution >= 0.6 is 11.8 Å². The number of carbonyl (C=O) groups excluding carboxylic acids is 2. The van der Waals surface area contributed by atoms with E-state index < -0.39 is 23.7 Å². The van der Waals surface area contributed by atoms with E-state index in [1.54, 1.807) is 20.8 Å². The number of ether oxygens (including phenoxy) is 3. The molecule has 0 aromatic heterocycles. The molecule has 0 spiro atoms. The molecule has 0 aliphatic carbocycles. The molecular formula is C13H23NO5S. The summed E-state index contributed by atoms with van der Waals surface area (Å²) in [7, 11) is 0. The second-order valence-electron chi connectivity index (χ2n) is 5.33. The molecule has 116 valence electrons. The number of amides is 1. The van der Waals surface area contributed by atoms with Gasteiger partial charge in [-0.3, -0.25) is 4.90 Å². The SMILES string of the molecule is CCOCCOC(=O)C1CSCN1C(=O)OC(C)(C)C. The van der Waals surface area contributed by atoms with E-state index in [4.69, 9.17) is 14.2 Å². The van der Waals surface area contributed by atoms with Gasteiger partial charge in [-0.2, -0.15) is 0 Å². The van der Waals surface area contributed by atoms with Crippen LogP contribution in [0, 0.1) is 0 Å². The molecule has 1 aliphatic rings. The molecule has 0 saturated carbocycles. The number of carbonyl (C=O) groups is 2. The summed E-state index contributed by atoms with van der Waals surface area (Å²) in [6, 6.07) is -0.573. The highest BCUT2D eigenvalue weighted by atomic mass is 32.2. The smallest absolute Gasteiger partial charge is 0.411 e. The van der Waals surface area contributed by atoms with E-state index >= 15 is 0 Å². The Hall–Kier alpha value is -0.950. The van der Waals surface area contributed by atoms with Crippen molar-refractivity contribution in [2.45, 2.75) is 39.3 Å². The molecule has 0 N–H and O–H groups in total. The van der Waals surface area contributed by atoms with Crippen LogP contribution in [0.25, 0.3) is 0 Å². The third kappa shape index (κ3) is 5.58. The summed E-state index contributed by atoms with van der Waals surface area (Å²) in [4.78, 5) is 25.4. The first kappa shape index (κ1) is 17.1. The maximum atomic E-state index is 12.0. The topological polar surface area (TPSA) is 65.1 Å². The van der Waals surface area contributed by atoms with E-state index in [-0.39, 0.29) is 6.61 Å².